The van der Waals surface area contributed by atoms with E-state index in [0.717, 1.165) is 36.6 Å². The number of H-pyrrole nitrogens is 1. The molecular weight excluding hydrogens is 446 g/mol. The Balaban J connectivity index is 1.36. The molecule has 3 amide bonds. The van der Waals surface area contributed by atoms with E-state index in [1.54, 1.807) is 18.1 Å². The summed E-state index contributed by atoms with van der Waals surface area (Å²) >= 11 is 0. The maximum Gasteiger partial charge on any atom is 0.271 e. The first-order valence-electron chi connectivity index (χ1n) is 12.4. The lowest BCUT2D eigenvalue weighted by Crippen LogP contribution is -2.51. The molecule has 2 aromatic rings. The Hall–Kier alpha value is -3.54. The van der Waals surface area contributed by atoms with Crippen LogP contribution in [-0.4, -0.2) is 59.9 Å². The number of aromatic nitrogens is 1. The number of rotatable bonds is 6. The van der Waals surface area contributed by atoms with Gasteiger partial charge in [0.2, 0.25) is 11.8 Å². The van der Waals surface area contributed by atoms with E-state index < -0.39 is 12.1 Å². The molecule has 9 nitrogen and oxygen atoms in total. The van der Waals surface area contributed by atoms with Crippen molar-refractivity contribution in [3.05, 3.63) is 30.0 Å². The number of aromatic amines is 1. The average molecular weight is 478 g/mol. The molecule has 3 fully saturated rings. The molecule has 3 aliphatic rings. The third-order valence-electron chi connectivity index (χ3n) is 7.89. The number of piperidine rings is 1. The minimum absolute atomic E-state index is 0.0616. The standard InChI is InChI=1S/C26H31N5O4/c1-35-22-9-3-8-20-19(22)12-21(30-20)26(34)31-14-16-5-2-7-18(16)23(31)25(33)29-17(13-27)11-15-6-4-10-28-24(15)32/h3,8-9,12,15-18,23,30H,2,4-7,10-11,14H2,1H3,(H,28,32)(H,29,33)/t15?,16-,17-,18-,23-/m0/s1. The molecule has 35 heavy (non-hydrogen) atoms. The zero-order chi connectivity index (χ0) is 24.5. The molecule has 3 N–H and O–H groups in total. The van der Waals surface area contributed by atoms with Crippen LogP contribution in [0.1, 0.15) is 49.0 Å². The van der Waals surface area contributed by atoms with Crippen molar-refractivity contribution in [3.8, 4) is 11.8 Å². The molecule has 184 valence electrons. The fourth-order valence-electron chi connectivity index (χ4n) is 6.17. The molecule has 1 unspecified atom stereocenters. The number of carbonyl (C=O) groups excluding carboxylic acids is 3. The van der Waals surface area contributed by atoms with Crippen molar-refractivity contribution in [1.82, 2.24) is 20.5 Å². The van der Waals surface area contributed by atoms with Gasteiger partial charge in [-0.25, -0.2) is 0 Å². The van der Waals surface area contributed by atoms with Crippen LogP contribution in [0.3, 0.4) is 0 Å². The number of fused-ring (bicyclic) bond motifs is 2. The van der Waals surface area contributed by atoms with Crippen LogP contribution < -0.4 is 15.4 Å². The van der Waals surface area contributed by atoms with Crippen molar-refractivity contribution >= 4 is 28.6 Å². The Labute approximate surface area is 204 Å². The maximum atomic E-state index is 13.6. The monoisotopic (exact) mass is 477 g/mol. The van der Waals surface area contributed by atoms with E-state index in [4.69, 9.17) is 4.74 Å². The summed E-state index contributed by atoms with van der Waals surface area (Å²) in [5, 5.41) is 16.2. The van der Waals surface area contributed by atoms with Gasteiger partial charge in [-0.05, 0) is 62.1 Å². The van der Waals surface area contributed by atoms with Crippen LogP contribution in [0.2, 0.25) is 0 Å². The van der Waals surface area contributed by atoms with Crippen molar-refractivity contribution in [2.75, 3.05) is 20.2 Å². The second kappa shape index (κ2) is 9.61. The van der Waals surface area contributed by atoms with E-state index in [0.29, 0.717) is 31.0 Å². The maximum absolute atomic E-state index is 13.6. The van der Waals surface area contributed by atoms with E-state index in [1.807, 2.05) is 18.2 Å². The van der Waals surface area contributed by atoms with Gasteiger partial charge in [-0.3, -0.25) is 14.4 Å². The number of likely N-dealkylation sites (tertiary alicyclic amines) is 1. The second-order valence-electron chi connectivity index (χ2n) is 9.92. The lowest BCUT2D eigenvalue weighted by Gasteiger charge is -2.29. The minimum Gasteiger partial charge on any atom is -0.496 e. The summed E-state index contributed by atoms with van der Waals surface area (Å²) in [6, 6.07) is 8.12. The molecule has 1 saturated carbocycles. The molecular formula is C26H31N5O4. The van der Waals surface area contributed by atoms with Gasteiger partial charge in [0.05, 0.1) is 13.2 Å². The third kappa shape index (κ3) is 4.33. The van der Waals surface area contributed by atoms with Gasteiger partial charge in [0.1, 0.15) is 23.5 Å². The number of carbonyl (C=O) groups is 3. The van der Waals surface area contributed by atoms with Crippen LogP contribution in [0.15, 0.2) is 24.3 Å². The molecule has 0 spiro atoms. The van der Waals surface area contributed by atoms with Crippen molar-refractivity contribution in [2.24, 2.45) is 17.8 Å². The van der Waals surface area contributed by atoms with E-state index in [1.165, 1.54) is 0 Å². The summed E-state index contributed by atoms with van der Waals surface area (Å²) in [6.45, 7) is 1.18. The number of amides is 3. The molecule has 9 heteroatoms. The van der Waals surface area contributed by atoms with Gasteiger partial charge < -0.3 is 25.3 Å². The number of hydrogen-bond donors (Lipinski definition) is 3. The Kier molecular flexibility index (Phi) is 6.37. The Bertz CT molecular complexity index is 1180. The molecule has 0 radical (unpaired) electrons. The van der Waals surface area contributed by atoms with Crippen molar-refractivity contribution in [2.45, 2.75) is 50.6 Å². The number of hydrogen-bond acceptors (Lipinski definition) is 5. The SMILES string of the molecule is COc1cccc2[nH]c(C(=O)N3C[C@@H]4CCC[C@@H]4[C@H]3C(=O)N[C@H](C#N)CC3CCCNC3=O)cc12. The Morgan fingerprint density at radius 3 is 2.91 bits per heavy atom. The minimum atomic E-state index is -0.772. The molecule has 2 aliphatic heterocycles. The van der Waals surface area contributed by atoms with Crippen molar-refractivity contribution in [3.63, 3.8) is 0 Å². The normalized spacial score (nSPS) is 26.6. The molecule has 1 aromatic carbocycles. The van der Waals surface area contributed by atoms with Gasteiger partial charge in [0.15, 0.2) is 0 Å². The van der Waals surface area contributed by atoms with E-state index in [2.05, 4.69) is 21.7 Å². The highest BCUT2D eigenvalue weighted by atomic mass is 16.5. The topological polar surface area (TPSA) is 127 Å². The molecule has 3 heterocycles. The first-order valence-corrected chi connectivity index (χ1v) is 12.4. The average Bonchev–Trinajstić information content (AvgIpc) is 3.58. The van der Waals surface area contributed by atoms with Crippen LogP contribution in [0.5, 0.6) is 5.75 Å². The summed E-state index contributed by atoms with van der Waals surface area (Å²) in [5.41, 5.74) is 1.21. The highest BCUT2D eigenvalue weighted by Crippen LogP contribution is 2.43. The largest absolute Gasteiger partial charge is 0.496 e. The zero-order valence-electron chi connectivity index (χ0n) is 19.9. The summed E-state index contributed by atoms with van der Waals surface area (Å²) in [6.07, 6.45) is 4.77. The summed E-state index contributed by atoms with van der Waals surface area (Å²) in [5.74, 6) is 0.161. The molecule has 1 aromatic heterocycles. The van der Waals surface area contributed by atoms with Crippen LogP contribution in [-0.2, 0) is 9.59 Å². The van der Waals surface area contributed by atoms with Crippen molar-refractivity contribution < 1.29 is 19.1 Å². The number of methoxy groups -OCH3 is 1. The molecule has 5 atom stereocenters. The van der Waals surface area contributed by atoms with Crippen LogP contribution in [0, 0.1) is 29.1 Å². The van der Waals surface area contributed by atoms with Crippen LogP contribution in [0.25, 0.3) is 10.9 Å². The predicted octanol–water partition coefficient (Wildman–Crippen LogP) is 2.34. The molecule has 2 saturated heterocycles. The van der Waals surface area contributed by atoms with E-state index in [-0.39, 0.29) is 41.9 Å². The smallest absolute Gasteiger partial charge is 0.271 e. The second-order valence-corrected chi connectivity index (χ2v) is 9.92. The predicted molar refractivity (Wildman–Crippen MR) is 128 cm³/mol. The van der Waals surface area contributed by atoms with Gasteiger partial charge in [-0.2, -0.15) is 5.26 Å². The quantitative estimate of drug-likeness (QED) is 0.589. The van der Waals surface area contributed by atoms with Gasteiger partial charge >= 0.3 is 0 Å². The fourth-order valence-corrected chi connectivity index (χ4v) is 6.17. The number of benzene rings is 1. The molecule has 0 bridgehead atoms. The summed E-state index contributed by atoms with van der Waals surface area (Å²) in [7, 11) is 1.59. The number of nitrogens with one attached hydrogen (secondary N) is 3. The van der Waals surface area contributed by atoms with Crippen LogP contribution in [0.4, 0.5) is 0 Å². The number of nitrogens with zero attached hydrogens (tertiary/aromatic N) is 2. The van der Waals surface area contributed by atoms with Gasteiger partial charge in [-0.1, -0.05) is 12.5 Å². The fraction of sp³-hybridized carbons (Fsp3) is 0.538. The summed E-state index contributed by atoms with van der Waals surface area (Å²) in [4.78, 5) is 44.2. The van der Waals surface area contributed by atoms with Gasteiger partial charge in [-0.15, -0.1) is 0 Å². The lowest BCUT2D eigenvalue weighted by atomic mass is 9.91. The Morgan fingerprint density at radius 2 is 2.14 bits per heavy atom. The highest BCUT2D eigenvalue weighted by Gasteiger charge is 2.50. The Morgan fingerprint density at radius 1 is 1.29 bits per heavy atom. The number of nitriles is 1. The highest BCUT2D eigenvalue weighted by molar-refractivity contribution is 6.02. The molecule has 1 aliphatic carbocycles. The molecule has 5 rings (SSSR count). The van der Waals surface area contributed by atoms with Gasteiger partial charge in [0, 0.05) is 29.9 Å². The third-order valence-corrected chi connectivity index (χ3v) is 7.89. The lowest BCUT2D eigenvalue weighted by molar-refractivity contribution is -0.129. The summed E-state index contributed by atoms with van der Waals surface area (Å²) < 4.78 is 5.42. The first kappa shape index (κ1) is 23.2. The van der Waals surface area contributed by atoms with E-state index in [9.17, 15) is 19.6 Å². The van der Waals surface area contributed by atoms with E-state index >= 15 is 0 Å². The zero-order valence-corrected chi connectivity index (χ0v) is 19.9. The van der Waals surface area contributed by atoms with Crippen molar-refractivity contribution in [1.29, 1.82) is 5.26 Å². The first-order chi connectivity index (χ1) is 17.0. The van der Waals surface area contributed by atoms with Crippen LogP contribution >= 0.6 is 0 Å². The van der Waals surface area contributed by atoms with Gasteiger partial charge in [0.25, 0.3) is 5.91 Å². The number of ether oxygens (including phenoxy) is 1.